The number of carbonyl (C=O) groups is 1. The molecule has 2 heterocycles. The highest BCUT2D eigenvalue weighted by Gasteiger charge is 2.34. The Bertz CT molecular complexity index is 639. The van der Waals surface area contributed by atoms with E-state index in [1.165, 1.54) is 11.3 Å². The van der Waals surface area contributed by atoms with Crippen molar-refractivity contribution in [2.24, 2.45) is 5.41 Å². The van der Waals surface area contributed by atoms with Crippen LogP contribution in [0.3, 0.4) is 0 Å². The standard InChI is InChI=1S/C14H17N3OS/c1-4-17-8-15-7-10(17)13-16-9-5-14(2,3)6-11(18)12(9)19-13/h7-8H,4-6H2,1-3H3. The van der Waals surface area contributed by atoms with Gasteiger partial charge in [-0.1, -0.05) is 13.8 Å². The summed E-state index contributed by atoms with van der Waals surface area (Å²) in [4.78, 5) is 21.9. The summed E-state index contributed by atoms with van der Waals surface area (Å²) in [6.07, 6.45) is 5.13. The first-order valence-corrected chi connectivity index (χ1v) is 7.35. The minimum atomic E-state index is 0.0282. The smallest absolute Gasteiger partial charge is 0.175 e. The van der Waals surface area contributed by atoms with E-state index in [2.05, 4.69) is 35.3 Å². The van der Waals surface area contributed by atoms with Gasteiger partial charge in [0.15, 0.2) is 5.78 Å². The van der Waals surface area contributed by atoms with E-state index in [0.29, 0.717) is 6.42 Å². The van der Waals surface area contributed by atoms with E-state index in [1.807, 2.05) is 12.5 Å². The summed E-state index contributed by atoms with van der Waals surface area (Å²) in [5, 5.41) is 0.912. The van der Waals surface area contributed by atoms with Crippen LogP contribution in [-0.4, -0.2) is 20.3 Å². The third-order valence-electron chi connectivity index (χ3n) is 3.51. The number of aromatic nitrogens is 3. The van der Waals surface area contributed by atoms with Crippen molar-refractivity contribution in [1.29, 1.82) is 0 Å². The maximum absolute atomic E-state index is 12.2. The van der Waals surface area contributed by atoms with Gasteiger partial charge in [-0.15, -0.1) is 11.3 Å². The fourth-order valence-electron chi connectivity index (χ4n) is 2.58. The molecule has 0 saturated carbocycles. The molecule has 2 aromatic heterocycles. The zero-order valence-corrected chi connectivity index (χ0v) is 12.3. The van der Waals surface area contributed by atoms with Crippen LogP contribution in [0.5, 0.6) is 0 Å². The summed E-state index contributed by atoms with van der Waals surface area (Å²) in [5.74, 6) is 0.234. The number of nitrogens with zero attached hydrogens (tertiary/aromatic N) is 3. The zero-order valence-electron chi connectivity index (χ0n) is 11.4. The van der Waals surface area contributed by atoms with E-state index < -0.39 is 0 Å². The lowest BCUT2D eigenvalue weighted by molar-refractivity contribution is 0.0916. The molecule has 1 aliphatic carbocycles. The maximum Gasteiger partial charge on any atom is 0.175 e. The normalized spacial score (nSPS) is 17.5. The summed E-state index contributed by atoms with van der Waals surface area (Å²) >= 11 is 1.51. The van der Waals surface area contributed by atoms with Crippen LogP contribution in [0.2, 0.25) is 0 Å². The molecule has 0 atom stereocenters. The third kappa shape index (κ3) is 2.12. The van der Waals surface area contributed by atoms with Crippen LogP contribution in [0.1, 0.15) is 42.6 Å². The van der Waals surface area contributed by atoms with Gasteiger partial charge in [-0.25, -0.2) is 9.97 Å². The number of aryl methyl sites for hydroxylation is 1. The molecule has 0 aromatic carbocycles. The van der Waals surface area contributed by atoms with Gasteiger partial charge in [-0.05, 0) is 18.8 Å². The molecule has 0 saturated heterocycles. The Hall–Kier alpha value is -1.49. The molecular formula is C14H17N3OS. The zero-order chi connectivity index (χ0) is 13.6. The molecule has 5 heteroatoms. The molecule has 1 aliphatic rings. The van der Waals surface area contributed by atoms with Gasteiger partial charge in [-0.3, -0.25) is 4.79 Å². The van der Waals surface area contributed by atoms with E-state index in [0.717, 1.165) is 34.2 Å². The molecular weight excluding hydrogens is 258 g/mol. The third-order valence-corrected chi connectivity index (χ3v) is 4.67. The van der Waals surface area contributed by atoms with E-state index in [9.17, 15) is 4.79 Å². The number of carbonyl (C=O) groups excluding carboxylic acids is 1. The Kier molecular flexibility index (Phi) is 2.82. The van der Waals surface area contributed by atoms with Gasteiger partial charge < -0.3 is 4.57 Å². The van der Waals surface area contributed by atoms with Crippen molar-refractivity contribution in [3.63, 3.8) is 0 Å². The van der Waals surface area contributed by atoms with E-state index in [1.54, 1.807) is 0 Å². The number of thiazole rings is 1. The predicted molar refractivity (Wildman–Crippen MR) is 75.4 cm³/mol. The summed E-state index contributed by atoms with van der Waals surface area (Å²) in [6, 6.07) is 0. The van der Waals surface area contributed by atoms with Crippen LogP contribution in [0, 0.1) is 5.41 Å². The van der Waals surface area contributed by atoms with Gasteiger partial charge in [0, 0.05) is 13.0 Å². The monoisotopic (exact) mass is 275 g/mol. The minimum Gasteiger partial charge on any atom is -0.329 e. The summed E-state index contributed by atoms with van der Waals surface area (Å²) in [5.41, 5.74) is 2.00. The average Bonchev–Trinajstić information content (AvgIpc) is 2.91. The van der Waals surface area contributed by atoms with Crippen molar-refractivity contribution >= 4 is 17.1 Å². The lowest BCUT2D eigenvalue weighted by Gasteiger charge is -2.26. The van der Waals surface area contributed by atoms with Gasteiger partial charge >= 0.3 is 0 Å². The topological polar surface area (TPSA) is 47.8 Å². The van der Waals surface area contributed by atoms with Crippen molar-refractivity contribution in [2.75, 3.05) is 0 Å². The van der Waals surface area contributed by atoms with E-state index in [-0.39, 0.29) is 11.2 Å². The van der Waals surface area contributed by atoms with E-state index >= 15 is 0 Å². The molecule has 0 amide bonds. The van der Waals surface area contributed by atoms with Gasteiger partial charge in [-0.2, -0.15) is 0 Å². The number of rotatable bonds is 2. The van der Waals surface area contributed by atoms with Crippen LogP contribution in [0.25, 0.3) is 10.7 Å². The molecule has 4 nitrogen and oxygen atoms in total. The minimum absolute atomic E-state index is 0.0282. The lowest BCUT2D eigenvalue weighted by atomic mass is 9.78. The second-order valence-electron chi connectivity index (χ2n) is 5.80. The number of hydrogen-bond donors (Lipinski definition) is 0. The highest BCUT2D eigenvalue weighted by molar-refractivity contribution is 7.17. The largest absolute Gasteiger partial charge is 0.329 e. The lowest BCUT2D eigenvalue weighted by Crippen LogP contribution is -2.25. The highest BCUT2D eigenvalue weighted by Crippen LogP contribution is 2.39. The van der Waals surface area contributed by atoms with Gasteiger partial charge in [0.1, 0.15) is 5.01 Å². The summed E-state index contributed by atoms with van der Waals surface area (Å²) in [7, 11) is 0. The van der Waals surface area contributed by atoms with Crippen molar-refractivity contribution in [3.8, 4) is 10.7 Å². The molecule has 0 N–H and O–H groups in total. The van der Waals surface area contributed by atoms with E-state index in [4.69, 9.17) is 0 Å². The molecule has 3 rings (SSSR count). The first kappa shape index (κ1) is 12.5. The summed E-state index contributed by atoms with van der Waals surface area (Å²) < 4.78 is 2.06. The Morgan fingerprint density at radius 3 is 2.95 bits per heavy atom. The average molecular weight is 275 g/mol. The number of ketones is 1. The summed E-state index contributed by atoms with van der Waals surface area (Å²) in [6.45, 7) is 7.19. The molecule has 0 spiro atoms. The fraction of sp³-hybridized carbons (Fsp3) is 0.500. The van der Waals surface area contributed by atoms with Crippen molar-refractivity contribution in [2.45, 2.75) is 40.2 Å². The SMILES string of the molecule is CCn1cncc1-c1nc2c(s1)C(=O)CC(C)(C)C2. The Morgan fingerprint density at radius 1 is 1.42 bits per heavy atom. The highest BCUT2D eigenvalue weighted by atomic mass is 32.1. The first-order valence-electron chi connectivity index (χ1n) is 6.53. The fourth-order valence-corrected chi connectivity index (χ4v) is 3.63. The van der Waals surface area contributed by atoms with Crippen molar-refractivity contribution in [3.05, 3.63) is 23.1 Å². The second kappa shape index (κ2) is 4.27. The molecule has 0 fully saturated rings. The van der Waals surface area contributed by atoms with Crippen LogP contribution in [-0.2, 0) is 13.0 Å². The number of hydrogen-bond acceptors (Lipinski definition) is 4. The van der Waals surface area contributed by atoms with Crippen LogP contribution >= 0.6 is 11.3 Å². The Morgan fingerprint density at radius 2 is 2.21 bits per heavy atom. The number of Topliss-reactive ketones (excluding diaryl/α,β-unsaturated/α-hetero) is 1. The van der Waals surface area contributed by atoms with Crippen LogP contribution < -0.4 is 0 Å². The van der Waals surface area contributed by atoms with Crippen LogP contribution in [0.4, 0.5) is 0 Å². The van der Waals surface area contributed by atoms with Crippen molar-refractivity contribution < 1.29 is 4.79 Å². The molecule has 0 aliphatic heterocycles. The quantitative estimate of drug-likeness (QED) is 0.845. The van der Waals surface area contributed by atoms with Gasteiger partial charge in [0.2, 0.25) is 0 Å². The molecule has 0 bridgehead atoms. The first-order chi connectivity index (χ1) is 9.00. The van der Waals surface area contributed by atoms with Crippen LogP contribution in [0.15, 0.2) is 12.5 Å². The molecule has 2 aromatic rings. The van der Waals surface area contributed by atoms with Gasteiger partial charge in [0.25, 0.3) is 0 Å². The molecule has 0 unspecified atom stereocenters. The second-order valence-corrected chi connectivity index (χ2v) is 6.80. The predicted octanol–water partition coefficient (Wildman–Crippen LogP) is 3.18. The Labute approximate surface area is 116 Å². The number of fused-ring (bicyclic) bond motifs is 1. The maximum atomic E-state index is 12.2. The molecule has 100 valence electrons. The van der Waals surface area contributed by atoms with Gasteiger partial charge in [0.05, 0.1) is 28.8 Å². The van der Waals surface area contributed by atoms with Crippen molar-refractivity contribution in [1.82, 2.24) is 14.5 Å². The Balaban J connectivity index is 2.06. The number of imidazole rings is 1. The molecule has 0 radical (unpaired) electrons. The molecule has 19 heavy (non-hydrogen) atoms.